The minimum atomic E-state index is -0.214. The summed E-state index contributed by atoms with van der Waals surface area (Å²) in [4.78, 5) is 17.1. The summed E-state index contributed by atoms with van der Waals surface area (Å²) in [5, 5.41) is 0. The highest BCUT2D eigenvalue weighted by Gasteiger charge is 2.35. The average molecular weight is 334 g/mol. The van der Waals surface area contributed by atoms with E-state index in [-0.39, 0.29) is 23.7 Å². The fraction of sp³-hybridized carbons (Fsp3) is 0.611. The van der Waals surface area contributed by atoms with Crippen molar-refractivity contribution in [3.63, 3.8) is 0 Å². The van der Waals surface area contributed by atoms with Gasteiger partial charge in [0.15, 0.2) is 0 Å². The monoisotopic (exact) mass is 334 g/mol. The molecule has 5 nitrogen and oxygen atoms in total. The van der Waals surface area contributed by atoms with E-state index in [0.717, 1.165) is 51.1 Å². The van der Waals surface area contributed by atoms with Gasteiger partial charge in [0, 0.05) is 44.5 Å². The Balaban J connectivity index is 1.60. The molecule has 0 saturated carbocycles. The Bertz CT molecular complexity index is 550. The van der Waals surface area contributed by atoms with Gasteiger partial charge >= 0.3 is 0 Å². The van der Waals surface area contributed by atoms with Gasteiger partial charge in [0.25, 0.3) is 0 Å². The van der Waals surface area contributed by atoms with E-state index in [2.05, 4.69) is 22.7 Å². The molecule has 2 saturated heterocycles. The number of halogens is 1. The summed E-state index contributed by atoms with van der Waals surface area (Å²) in [6.45, 7) is 6.07. The molecular weight excluding hydrogens is 307 g/mol. The van der Waals surface area contributed by atoms with Crippen LogP contribution in [-0.4, -0.2) is 49.6 Å². The molecular formula is C18H27FN4O. The second-order valence-corrected chi connectivity index (χ2v) is 6.67. The Morgan fingerprint density at radius 3 is 2.75 bits per heavy atom. The van der Waals surface area contributed by atoms with Crippen LogP contribution in [0.5, 0.6) is 0 Å². The number of hydrazine groups is 1. The zero-order valence-electron chi connectivity index (χ0n) is 14.3. The predicted octanol–water partition coefficient (Wildman–Crippen LogP) is 1.76. The molecule has 2 aliphatic heterocycles. The van der Waals surface area contributed by atoms with Crippen LogP contribution in [0.15, 0.2) is 24.3 Å². The zero-order chi connectivity index (χ0) is 16.9. The highest BCUT2D eigenvalue weighted by molar-refractivity contribution is 5.80. The molecule has 1 aromatic carbocycles. The van der Waals surface area contributed by atoms with E-state index < -0.39 is 0 Å². The minimum absolute atomic E-state index is 0.0299. The van der Waals surface area contributed by atoms with Crippen LogP contribution in [0.1, 0.15) is 26.2 Å². The molecule has 3 rings (SSSR count). The molecule has 0 radical (unpaired) electrons. The van der Waals surface area contributed by atoms with Crippen molar-refractivity contribution in [1.82, 2.24) is 15.8 Å². The van der Waals surface area contributed by atoms with E-state index in [0.29, 0.717) is 6.54 Å². The molecule has 6 heteroatoms. The maximum atomic E-state index is 13.1. The number of carbonyl (C=O) groups excluding carboxylic acids is 1. The van der Waals surface area contributed by atoms with Crippen LogP contribution in [0.3, 0.4) is 0 Å². The molecule has 0 bridgehead atoms. The lowest BCUT2D eigenvalue weighted by Gasteiger charge is -2.27. The minimum Gasteiger partial charge on any atom is -0.370 e. The summed E-state index contributed by atoms with van der Waals surface area (Å²) >= 11 is 0. The third-order valence-electron chi connectivity index (χ3n) is 5.01. The molecule has 2 fully saturated rings. The van der Waals surface area contributed by atoms with Crippen LogP contribution in [0, 0.1) is 11.7 Å². The van der Waals surface area contributed by atoms with E-state index in [4.69, 9.17) is 0 Å². The van der Waals surface area contributed by atoms with Gasteiger partial charge < -0.3 is 9.80 Å². The first kappa shape index (κ1) is 17.2. The van der Waals surface area contributed by atoms with E-state index >= 15 is 0 Å². The molecule has 2 atom stereocenters. The lowest BCUT2D eigenvalue weighted by molar-refractivity contribution is -0.135. The van der Waals surface area contributed by atoms with Crippen LogP contribution in [0.25, 0.3) is 0 Å². The molecule has 2 heterocycles. The molecule has 0 aliphatic carbocycles. The average Bonchev–Trinajstić information content (AvgIpc) is 2.90. The summed E-state index contributed by atoms with van der Waals surface area (Å²) in [6, 6.07) is 6.85. The first-order chi connectivity index (χ1) is 11.7. The van der Waals surface area contributed by atoms with E-state index in [9.17, 15) is 9.18 Å². The van der Waals surface area contributed by atoms with Gasteiger partial charge in [-0.3, -0.25) is 15.6 Å². The van der Waals surface area contributed by atoms with E-state index in [1.165, 1.54) is 12.1 Å². The third kappa shape index (κ3) is 3.87. The molecule has 1 amide bonds. The predicted molar refractivity (Wildman–Crippen MR) is 93.1 cm³/mol. The maximum absolute atomic E-state index is 13.1. The highest BCUT2D eigenvalue weighted by Crippen LogP contribution is 2.20. The molecule has 2 aliphatic rings. The van der Waals surface area contributed by atoms with E-state index in [1.54, 1.807) is 0 Å². The normalized spacial score (nSPS) is 24.9. The summed E-state index contributed by atoms with van der Waals surface area (Å²) < 4.78 is 13.1. The fourth-order valence-electron chi connectivity index (χ4n) is 3.67. The van der Waals surface area contributed by atoms with Crippen molar-refractivity contribution in [2.45, 2.75) is 32.2 Å². The van der Waals surface area contributed by atoms with Crippen molar-refractivity contribution < 1.29 is 9.18 Å². The topological polar surface area (TPSA) is 47.6 Å². The van der Waals surface area contributed by atoms with Crippen LogP contribution >= 0.6 is 0 Å². The number of nitrogens with zero attached hydrogens (tertiary/aromatic N) is 2. The van der Waals surface area contributed by atoms with Crippen LogP contribution in [0.4, 0.5) is 10.1 Å². The highest BCUT2D eigenvalue weighted by atomic mass is 19.1. The molecule has 24 heavy (non-hydrogen) atoms. The van der Waals surface area contributed by atoms with Crippen molar-refractivity contribution >= 4 is 11.6 Å². The third-order valence-corrected chi connectivity index (χ3v) is 5.01. The van der Waals surface area contributed by atoms with Gasteiger partial charge in [-0.1, -0.05) is 13.3 Å². The van der Waals surface area contributed by atoms with Gasteiger partial charge in [-0.2, -0.15) is 0 Å². The molecule has 0 aromatic heterocycles. The fourth-order valence-corrected chi connectivity index (χ4v) is 3.67. The maximum Gasteiger partial charge on any atom is 0.228 e. The van der Waals surface area contributed by atoms with Gasteiger partial charge in [-0.25, -0.2) is 4.39 Å². The largest absolute Gasteiger partial charge is 0.370 e. The number of benzene rings is 1. The molecule has 2 N–H and O–H groups in total. The van der Waals surface area contributed by atoms with Crippen molar-refractivity contribution in [3.8, 4) is 0 Å². The quantitative estimate of drug-likeness (QED) is 0.881. The van der Waals surface area contributed by atoms with Gasteiger partial charge in [-0.15, -0.1) is 0 Å². The summed E-state index contributed by atoms with van der Waals surface area (Å²) in [7, 11) is 0. The number of amides is 1. The van der Waals surface area contributed by atoms with Crippen LogP contribution in [-0.2, 0) is 4.79 Å². The lowest BCUT2D eigenvalue weighted by Crippen LogP contribution is -2.43. The van der Waals surface area contributed by atoms with Crippen LogP contribution < -0.4 is 15.8 Å². The Labute approximate surface area is 143 Å². The zero-order valence-corrected chi connectivity index (χ0v) is 14.3. The number of hydrogen-bond acceptors (Lipinski definition) is 4. The Morgan fingerprint density at radius 2 is 2.00 bits per heavy atom. The van der Waals surface area contributed by atoms with E-state index in [1.807, 2.05) is 17.0 Å². The SMILES string of the molecule is CCCC1NNCC1C(=O)N1CCCN(c2ccc(F)cc2)CC1. The second-order valence-electron chi connectivity index (χ2n) is 6.67. The van der Waals surface area contributed by atoms with Crippen molar-refractivity contribution in [2.75, 3.05) is 37.6 Å². The van der Waals surface area contributed by atoms with Crippen molar-refractivity contribution in [2.24, 2.45) is 5.92 Å². The second kappa shape index (κ2) is 7.94. The van der Waals surface area contributed by atoms with Gasteiger partial charge in [-0.05, 0) is 37.1 Å². The molecule has 2 unspecified atom stereocenters. The molecule has 0 spiro atoms. The van der Waals surface area contributed by atoms with Gasteiger partial charge in [0.05, 0.1) is 5.92 Å². The Hall–Kier alpha value is -1.66. The number of anilines is 1. The Morgan fingerprint density at radius 1 is 1.21 bits per heavy atom. The summed E-state index contributed by atoms with van der Waals surface area (Å²) in [5.74, 6) is 0.0720. The first-order valence-electron chi connectivity index (χ1n) is 8.96. The first-order valence-corrected chi connectivity index (χ1v) is 8.96. The lowest BCUT2D eigenvalue weighted by atomic mass is 9.96. The van der Waals surface area contributed by atoms with Crippen LogP contribution in [0.2, 0.25) is 0 Å². The van der Waals surface area contributed by atoms with Gasteiger partial charge in [0.1, 0.15) is 5.82 Å². The molecule has 1 aromatic rings. The van der Waals surface area contributed by atoms with Crippen molar-refractivity contribution in [1.29, 1.82) is 0 Å². The number of rotatable bonds is 4. The van der Waals surface area contributed by atoms with Gasteiger partial charge in [0.2, 0.25) is 5.91 Å². The standard InChI is InChI=1S/C18H27FN4O/c1-2-4-17-16(13-20-21-17)18(24)23-10-3-9-22(11-12-23)15-7-5-14(19)6-8-15/h5-8,16-17,20-21H,2-4,9-13H2,1H3. The van der Waals surface area contributed by atoms with Crippen molar-refractivity contribution in [3.05, 3.63) is 30.1 Å². The Kier molecular flexibility index (Phi) is 5.68. The number of hydrogen-bond donors (Lipinski definition) is 2. The smallest absolute Gasteiger partial charge is 0.228 e. The molecule has 132 valence electrons. The number of nitrogens with one attached hydrogen (secondary N) is 2. The summed E-state index contributed by atoms with van der Waals surface area (Å²) in [5.41, 5.74) is 7.41. The number of carbonyl (C=O) groups is 1. The summed E-state index contributed by atoms with van der Waals surface area (Å²) in [6.07, 6.45) is 3.02.